The van der Waals surface area contributed by atoms with E-state index in [0.29, 0.717) is 30.3 Å². The summed E-state index contributed by atoms with van der Waals surface area (Å²) in [7, 11) is 0. The minimum atomic E-state index is -0.371. The predicted molar refractivity (Wildman–Crippen MR) is 105 cm³/mol. The summed E-state index contributed by atoms with van der Waals surface area (Å²) < 4.78 is 6.60. The number of ether oxygens (including phenoxy) is 1. The first-order chi connectivity index (χ1) is 11.8. The second kappa shape index (κ2) is 7.79. The van der Waals surface area contributed by atoms with Crippen molar-refractivity contribution in [1.29, 1.82) is 0 Å². The second-order valence-corrected chi connectivity index (χ2v) is 9.59. The average molecular weight is 408 g/mol. The minimum absolute atomic E-state index is 0.0404. The normalized spacial score (nSPS) is 29.3. The molecule has 1 aromatic rings. The van der Waals surface area contributed by atoms with Crippen LogP contribution in [0.3, 0.4) is 0 Å². The maximum Gasteiger partial charge on any atom is 0.306 e. The lowest BCUT2D eigenvalue weighted by molar-refractivity contribution is -0.156. The van der Waals surface area contributed by atoms with Gasteiger partial charge in [0.1, 0.15) is 5.60 Å². The van der Waals surface area contributed by atoms with E-state index in [1.807, 2.05) is 20.8 Å². The average Bonchev–Trinajstić information content (AvgIpc) is 3.27. The molecule has 2 aliphatic rings. The van der Waals surface area contributed by atoms with E-state index < -0.39 is 0 Å². The molecule has 0 radical (unpaired) electrons. The van der Waals surface area contributed by atoms with Crippen LogP contribution in [-0.2, 0) is 9.53 Å². The van der Waals surface area contributed by atoms with E-state index in [1.54, 1.807) is 0 Å². The Morgan fingerprint density at radius 2 is 1.80 bits per heavy atom. The molecule has 1 aromatic carbocycles. The zero-order valence-electron chi connectivity index (χ0n) is 15.6. The van der Waals surface area contributed by atoms with E-state index >= 15 is 0 Å². The first kappa shape index (κ1) is 18.9. The third-order valence-electron chi connectivity index (χ3n) is 5.26. The molecular weight excluding hydrogens is 378 g/mol. The minimum Gasteiger partial charge on any atom is -0.460 e. The largest absolute Gasteiger partial charge is 0.460 e. The second-order valence-electron chi connectivity index (χ2n) is 8.68. The molecule has 0 bridgehead atoms. The van der Waals surface area contributed by atoms with Crippen LogP contribution in [0, 0.1) is 5.92 Å². The van der Waals surface area contributed by atoms with Crippen LogP contribution in [0.25, 0.3) is 0 Å². The van der Waals surface area contributed by atoms with Crippen molar-refractivity contribution in [1.82, 2.24) is 5.32 Å². The summed E-state index contributed by atoms with van der Waals surface area (Å²) in [6, 6.07) is 9.97. The summed E-state index contributed by atoms with van der Waals surface area (Å²) >= 11 is 3.50. The van der Waals surface area contributed by atoms with Gasteiger partial charge in [0.2, 0.25) is 0 Å². The molecule has 0 amide bonds. The van der Waals surface area contributed by atoms with E-state index in [1.165, 1.54) is 24.8 Å². The van der Waals surface area contributed by atoms with Gasteiger partial charge in [-0.1, -0.05) is 28.1 Å². The third kappa shape index (κ3) is 5.82. The lowest BCUT2D eigenvalue weighted by Crippen LogP contribution is -2.36. The molecule has 0 unspecified atom stereocenters. The molecule has 2 atom stereocenters. The maximum atomic E-state index is 12.0. The number of rotatable bonds is 5. The Morgan fingerprint density at radius 1 is 1.16 bits per heavy atom. The Balaban J connectivity index is 1.37. The third-order valence-corrected chi connectivity index (χ3v) is 5.79. The molecule has 1 N–H and O–H groups in total. The number of hydrogen-bond acceptors (Lipinski definition) is 3. The fourth-order valence-corrected chi connectivity index (χ4v) is 4.18. The lowest BCUT2D eigenvalue weighted by atomic mass is 9.84. The molecule has 0 heterocycles. The van der Waals surface area contributed by atoms with Gasteiger partial charge < -0.3 is 10.1 Å². The molecule has 3 nitrogen and oxygen atoms in total. The van der Waals surface area contributed by atoms with Gasteiger partial charge in [0.05, 0.1) is 0 Å². The standard InChI is InChI=1S/C21H30BrNO2/c1-21(2,3)25-20(24)12-14-4-10-17(11-5-14)23-19-13-18(19)15-6-8-16(22)9-7-15/h6-9,14,17-19,23H,4-5,10-13H2,1-3H3/t14?,17?,18-,19+/m1/s1. The Kier molecular flexibility index (Phi) is 5.89. The number of hydrogen-bond donors (Lipinski definition) is 1. The molecule has 0 aromatic heterocycles. The van der Waals surface area contributed by atoms with Crippen LogP contribution in [0.2, 0.25) is 0 Å². The van der Waals surface area contributed by atoms with Gasteiger partial charge >= 0.3 is 5.97 Å². The van der Waals surface area contributed by atoms with Crippen molar-refractivity contribution in [2.45, 2.75) is 82.9 Å². The molecule has 2 saturated carbocycles. The zero-order chi connectivity index (χ0) is 18.0. The molecule has 2 aliphatic carbocycles. The summed E-state index contributed by atoms with van der Waals surface area (Å²) in [6.45, 7) is 5.80. The van der Waals surface area contributed by atoms with E-state index in [2.05, 4.69) is 45.5 Å². The van der Waals surface area contributed by atoms with Gasteiger partial charge in [0.15, 0.2) is 0 Å². The fraction of sp³-hybridized carbons (Fsp3) is 0.667. The fourth-order valence-electron chi connectivity index (χ4n) is 3.91. The van der Waals surface area contributed by atoms with Gasteiger partial charge in [-0.25, -0.2) is 0 Å². The summed E-state index contributed by atoms with van der Waals surface area (Å²) in [5.74, 6) is 1.13. The molecule has 0 spiro atoms. The highest BCUT2D eigenvalue weighted by molar-refractivity contribution is 9.10. The van der Waals surface area contributed by atoms with Crippen LogP contribution in [0.15, 0.2) is 28.7 Å². The van der Waals surface area contributed by atoms with E-state index in [-0.39, 0.29) is 11.6 Å². The van der Waals surface area contributed by atoms with Crippen molar-refractivity contribution in [2.75, 3.05) is 0 Å². The van der Waals surface area contributed by atoms with Gasteiger partial charge in [0.25, 0.3) is 0 Å². The molecular formula is C21H30BrNO2. The Labute approximate surface area is 160 Å². The SMILES string of the molecule is CC(C)(C)OC(=O)CC1CCC(N[C@H]2C[C@@H]2c2ccc(Br)cc2)CC1. The summed E-state index contributed by atoms with van der Waals surface area (Å²) in [5.41, 5.74) is 1.07. The Hall–Kier alpha value is -0.870. The monoisotopic (exact) mass is 407 g/mol. The number of benzene rings is 1. The molecule has 25 heavy (non-hydrogen) atoms. The van der Waals surface area contributed by atoms with Crippen molar-refractivity contribution < 1.29 is 9.53 Å². The van der Waals surface area contributed by atoms with E-state index in [4.69, 9.17) is 4.74 Å². The van der Waals surface area contributed by atoms with Crippen molar-refractivity contribution in [3.63, 3.8) is 0 Å². The summed E-state index contributed by atoms with van der Waals surface area (Å²) in [5, 5.41) is 3.84. The number of halogens is 1. The molecule has 138 valence electrons. The Bertz CT molecular complexity index is 585. The van der Waals surface area contributed by atoms with Crippen LogP contribution in [0.4, 0.5) is 0 Å². The van der Waals surface area contributed by atoms with Crippen LogP contribution in [0.1, 0.15) is 70.8 Å². The zero-order valence-corrected chi connectivity index (χ0v) is 17.1. The van der Waals surface area contributed by atoms with Crippen molar-refractivity contribution in [3.05, 3.63) is 34.3 Å². The molecule has 3 rings (SSSR count). The van der Waals surface area contributed by atoms with Crippen molar-refractivity contribution in [3.8, 4) is 0 Å². The van der Waals surface area contributed by atoms with Crippen LogP contribution in [0.5, 0.6) is 0 Å². The molecule has 4 heteroatoms. The highest BCUT2D eigenvalue weighted by atomic mass is 79.9. The first-order valence-corrected chi connectivity index (χ1v) is 10.3. The molecule has 2 fully saturated rings. The van der Waals surface area contributed by atoms with Crippen molar-refractivity contribution >= 4 is 21.9 Å². The van der Waals surface area contributed by atoms with Crippen molar-refractivity contribution in [2.24, 2.45) is 5.92 Å². The van der Waals surface area contributed by atoms with Crippen LogP contribution < -0.4 is 5.32 Å². The quantitative estimate of drug-likeness (QED) is 0.682. The Morgan fingerprint density at radius 3 is 2.40 bits per heavy atom. The summed E-state index contributed by atoms with van der Waals surface area (Å²) in [4.78, 5) is 12.0. The summed E-state index contributed by atoms with van der Waals surface area (Å²) in [6.07, 6.45) is 6.45. The lowest BCUT2D eigenvalue weighted by Gasteiger charge is -2.30. The van der Waals surface area contributed by atoms with Gasteiger partial charge in [-0.05, 0) is 76.5 Å². The number of esters is 1. The predicted octanol–water partition coefficient (Wildman–Crippen LogP) is 5.19. The van der Waals surface area contributed by atoms with Crippen LogP contribution >= 0.6 is 15.9 Å². The molecule has 0 saturated heterocycles. The number of carbonyl (C=O) groups is 1. The van der Waals surface area contributed by atoms with Gasteiger partial charge in [-0.15, -0.1) is 0 Å². The smallest absolute Gasteiger partial charge is 0.306 e. The van der Waals surface area contributed by atoms with Gasteiger partial charge in [0, 0.05) is 28.9 Å². The topological polar surface area (TPSA) is 38.3 Å². The van der Waals surface area contributed by atoms with Gasteiger partial charge in [-0.3, -0.25) is 4.79 Å². The highest BCUT2D eigenvalue weighted by Crippen LogP contribution is 2.42. The van der Waals surface area contributed by atoms with Crippen LogP contribution in [-0.4, -0.2) is 23.7 Å². The molecule has 0 aliphatic heterocycles. The first-order valence-electron chi connectivity index (χ1n) is 9.53. The maximum absolute atomic E-state index is 12.0. The van der Waals surface area contributed by atoms with E-state index in [9.17, 15) is 4.79 Å². The van der Waals surface area contributed by atoms with E-state index in [0.717, 1.165) is 17.3 Å². The highest BCUT2D eigenvalue weighted by Gasteiger charge is 2.40. The number of nitrogens with one attached hydrogen (secondary N) is 1. The van der Waals surface area contributed by atoms with Gasteiger partial charge in [-0.2, -0.15) is 0 Å². The number of carbonyl (C=O) groups excluding carboxylic acids is 1.